The van der Waals surface area contributed by atoms with Crippen molar-refractivity contribution >= 4 is 47.2 Å². The zero-order valence-corrected chi connectivity index (χ0v) is 23.5. The van der Waals surface area contributed by atoms with E-state index in [1.165, 1.54) is 12.5 Å². The van der Waals surface area contributed by atoms with Gasteiger partial charge in [-0.2, -0.15) is 12.6 Å². The number of benzene rings is 2. The smallest absolute Gasteiger partial charge is 0.326 e. The molecule has 4 unspecified atom stereocenters. The average molecular weight is 592 g/mol. The molecule has 220 valence electrons. The minimum absolute atomic E-state index is 0.00254. The second kappa shape index (κ2) is 14.3. The Morgan fingerprint density at radius 1 is 0.833 bits per heavy atom. The number of thiol groups is 1. The standard InChI is InChI=1S/C29H33N7O5S/c30-21(11-18-13-32-22-9-5-4-8-20(18)22)26(37)36-25(15-42)28(39)34-23(12-19-14-31-16-33-19)27(38)35-24(29(40)41)10-17-6-2-1-3-7-17/h1-9,13-14,16,21,23-25,32,42H,10-12,15,30H2,(H,31,33)(H,34,39)(H,35,38)(H,36,37)(H,40,41). The molecular formula is C29H33N7O5S. The van der Waals surface area contributed by atoms with Gasteiger partial charge in [0, 0.05) is 47.6 Å². The normalized spacial score (nSPS) is 14.0. The van der Waals surface area contributed by atoms with Crippen LogP contribution in [-0.4, -0.2) is 73.7 Å². The molecule has 0 saturated heterocycles. The lowest BCUT2D eigenvalue weighted by molar-refractivity contribution is -0.142. The molecule has 42 heavy (non-hydrogen) atoms. The average Bonchev–Trinajstić information content (AvgIpc) is 3.65. The molecule has 4 atom stereocenters. The van der Waals surface area contributed by atoms with Gasteiger partial charge in [-0.1, -0.05) is 48.5 Å². The number of hydrogen-bond donors (Lipinski definition) is 8. The lowest BCUT2D eigenvalue weighted by atomic mass is 10.0. The quantitative estimate of drug-likeness (QED) is 0.0989. The molecule has 2 heterocycles. The highest BCUT2D eigenvalue weighted by Gasteiger charge is 2.30. The summed E-state index contributed by atoms with van der Waals surface area (Å²) in [5.41, 5.74) is 9.22. The number of carbonyl (C=O) groups excluding carboxylic acids is 3. The number of aromatic amines is 2. The third-order valence-electron chi connectivity index (χ3n) is 6.78. The topological polar surface area (TPSA) is 195 Å². The fourth-order valence-corrected chi connectivity index (χ4v) is 4.78. The van der Waals surface area contributed by atoms with Crippen molar-refractivity contribution in [1.29, 1.82) is 0 Å². The van der Waals surface area contributed by atoms with Crippen molar-refractivity contribution in [2.24, 2.45) is 5.73 Å². The van der Waals surface area contributed by atoms with E-state index in [9.17, 15) is 24.3 Å². The van der Waals surface area contributed by atoms with E-state index in [0.29, 0.717) is 5.69 Å². The van der Waals surface area contributed by atoms with E-state index in [1.807, 2.05) is 24.3 Å². The molecule has 13 heteroatoms. The van der Waals surface area contributed by atoms with Crippen LogP contribution in [-0.2, 0) is 38.4 Å². The number of carbonyl (C=O) groups is 4. The van der Waals surface area contributed by atoms with E-state index in [0.717, 1.165) is 22.0 Å². The summed E-state index contributed by atoms with van der Waals surface area (Å²) in [6.07, 6.45) is 5.00. The SMILES string of the molecule is NC(Cc1c[nH]c2ccccc12)C(=O)NC(CS)C(=O)NC(Cc1cnc[nH]1)C(=O)NC(Cc1ccccc1)C(=O)O. The number of para-hydroxylation sites is 1. The highest BCUT2D eigenvalue weighted by atomic mass is 32.1. The Morgan fingerprint density at radius 3 is 2.19 bits per heavy atom. The molecule has 12 nitrogen and oxygen atoms in total. The predicted octanol–water partition coefficient (Wildman–Crippen LogP) is 0.715. The first-order chi connectivity index (χ1) is 20.2. The third-order valence-corrected chi connectivity index (χ3v) is 7.14. The minimum atomic E-state index is -1.23. The van der Waals surface area contributed by atoms with Gasteiger partial charge in [-0.05, 0) is 23.6 Å². The van der Waals surface area contributed by atoms with E-state index >= 15 is 0 Å². The zero-order valence-electron chi connectivity index (χ0n) is 22.6. The maximum absolute atomic E-state index is 13.3. The number of hydrogen-bond acceptors (Lipinski definition) is 7. The summed E-state index contributed by atoms with van der Waals surface area (Å²) in [7, 11) is 0. The van der Waals surface area contributed by atoms with E-state index in [4.69, 9.17) is 5.73 Å². The number of nitrogens with zero attached hydrogens (tertiary/aromatic N) is 1. The van der Waals surface area contributed by atoms with Crippen molar-refractivity contribution in [3.05, 3.63) is 90.1 Å². The van der Waals surface area contributed by atoms with E-state index in [-0.39, 0.29) is 25.0 Å². The van der Waals surface area contributed by atoms with Crippen LogP contribution in [0.2, 0.25) is 0 Å². The Morgan fingerprint density at radius 2 is 1.50 bits per heavy atom. The Bertz CT molecular complexity index is 1510. The molecule has 0 aliphatic heterocycles. The van der Waals surface area contributed by atoms with Crippen molar-refractivity contribution in [2.45, 2.75) is 43.4 Å². The van der Waals surface area contributed by atoms with E-state index < -0.39 is 47.9 Å². The number of nitrogens with one attached hydrogen (secondary N) is 5. The molecule has 2 aromatic heterocycles. The van der Waals surface area contributed by atoms with Crippen LogP contribution >= 0.6 is 12.6 Å². The van der Waals surface area contributed by atoms with Gasteiger partial charge in [0.15, 0.2) is 0 Å². The lowest BCUT2D eigenvalue weighted by Gasteiger charge is -2.24. The molecule has 0 fully saturated rings. The van der Waals surface area contributed by atoms with Crippen LogP contribution in [0.1, 0.15) is 16.8 Å². The number of aromatic nitrogens is 3. The second-order valence-electron chi connectivity index (χ2n) is 9.85. The maximum atomic E-state index is 13.3. The summed E-state index contributed by atoms with van der Waals surface area (Å²) in [6.45, 7) is 0. The number of carboxylic acids is 1. The molecule has 0 spiro atoms. The fourth-order valence-electron chi connectivity index (χ4n) is 4.52. The van der Waals surface area contributed by atoms with Crippen LogP contribution in [0.4, 0.5) is 0 Å². The molecule has 3 amide bonds. The highest BCUT2D eigenvalue weighted by Crippen LogP contribution is 2.18. The summed E-state index contributed by atoms with van der Waals surface area (Å²) in [4.78, 5) is 61.3. The van der Waals surface area contributed by atoms with Crippen LogP contribution in [0.5, 0.6) is 0 Å². The van der Waals surface area contributed by atoms with Crippen molar-refractivity contribution in [3.8, 4) is 0 Å². The van der Waals surface area contributed by atoms with Gasteiger partial charge in [-0.15, -0.1) is 0 Å². The van der Waals surface area contributed by atoms with Gasteiger partial charge >= 0.3 is 5.97 Å². The van der Waals surface area contributed by atoms with Gasteiger partial charge in [-0.25, -0.2) is 9.78 Å². The first-order valence-electron chi connectivity index (χ1n) is 13.3. The molecule has 0 aliphatic carbocycles. The molecule has 0 aliphatic rings. The van der Waals surface area contributed by atoms with Crippen LogP contribution in [0.15, 0.2) is 73.3 Å². The largest absolute Gasteiger partial charge is 0.480 e. The first-order valence-corrected chi connectivity index (χ1v) is 13.9. The fraction of sp³-hybridized carbons (Fsp3) is 0.276. The van der Waals surface area contributed by atoms with E-state index in [1.54, 1.807) is 36.5 Å². The van der Waals surface area contributed by atoms with Gasteiger partial charge in [0.2, 0.25) is 17.7 Å². The van der Waals surface area contributed by atoms with Gasteiger partial charge in [-0.3, -0.25) is 14.4 Å². The summed E-state index contributed by atoms with van der Waals surface area (Å²) in [6, 6.07) is 12.0. The molecule has 2 aromatic carbocycles. The molecule has 4 aromatic rings. The van der Waals surface area contributed by atoms with Crippen molar-refractivity contribution < 1.29 is 24.3 Å². The van der Waals surface area contributed by atoms with Crippen LogP contribution in [0.25, 0.3) is 10.9 Å². The zero-order chi connectivity index (χ0) is 30.1. The van der Waals surface area contributed by atoms with Gasteiger partial charge in [0.05, 0.1) is 12.4 Å². The number of rotatable bonds is 14. The number of imidazole rings is 1. The lowest BCUT2D eigenvalue weighted by Crippen LogP contribution is -2.58. The van der Waals surface area contributed by atoms with Crippen molar-refractivity contribution in [1.82, 2.24) is 30.9 Å². The van der Waals surface area contributed by atoms with Gasteiger partial charge in [0.25, 0.3) is 0 Å². The molecule has 4 rings (SSSR count). The molecule has 0 radical (unpaired) electrons. The van der Waals surface area contributed by atoms with Crippen LogP contribution in [0.3, 0.4) is 0 Å². The van der Waals surface area contributed by atoms with Crippen LogP contribution < -0.4 is 21.7 Å². The van der Waals surface area contributed by atoms with E-state index in [2.05, 4.69) is 43.5 Å². The summed E-state index contributed by atoms with van der Waals surface area (Å²) in [5, 5.41) is 18.5. The molecule has 8 N–H and O–H groups in total. The Kier molecular flexibility index (Phi) is 10.3. The number of carboxylic acid groups (broad SMARTS) is 1. The molecule has 0 saturated carbocycles. The summed E-state index contributed by atoms with van der Waals surface area (Å²) >= 11 is 4.22. The number of aliphatic carboxylic acids is 1. The first kappa shape index (κ1) is 30.3. The highest BCUT2D eigenvalue weighted by molar-refractivity contribution is 7.80. The third kappa shape index (κ3) is 7.98. The Hall–Kier alpha value is -4.62. The second-order valence-corrected chi connectivity index (χ2v) is 10.2. The minimum Gasteiger partial charge on any atom is -0.480 e. The summed E-state index contributed by atoms with van der Waals surface area (Å²) < 4.78 is 0. The number of H-pyrrole nitrogens is 2. The van der Waals surface area contributed by atoms with Crippen molar-refractivity contribution in [3.63, 3.8) is 0 Å². The van der Waals surface area contributed by atoms with Gasteiger partial charge in [0.1, 0.15) is 18.1 Å². The van der Waals surface area contributed by atoms with Gasteiger partial charge < -0.3 is 36.8 Å². The van der Waals surface area contributed by atoms with Crippen LogP contribution in [0, 0.1) is 0 Å². The molecule has 0 bridgehead atoms. The number of nitrogens with two attached hydrogens (primary N) is 1. The molecular weight excluding hydrogens is 558 g/mol. The maximum Gasteiger partial charge on any atom is 0.326 e. The number of amides is 3. The monoisotopic (exact) mass is 591 g/mol. The Balaban J connectivity index is 1.41. The summed E-state index contributed by atoms with van der Waals surface area (Å²) in [5.74, 6) is -3.23. The predicted molar refractivity (Wildman–Crippen MR) is 160 cm³/mol. The Labute approximate surface area is 247 Å². The van der Waals surface area contributed by atoms with Crippen molar-refractivity contribution in [2.75, 3.05) is 5.75 Å². The number of fused-ring (bicyclic) bond motifs is 1.